The van der Waals surface area contributed by atoms with Crippen LogP contribution in [0.5, 0.6) is 11.5 Å². The van der Waals surface area contributed by atoms with Crippen molar-refractivity contribution in [2.75, 3.05) is 31.2 Å². The Kier molecular flexibility index (Phi) is 7.24. The molecule has 3 aromatic rings. The Balaban J connectivity index is 1.74. The Hall–Kier alpha value is -2.89. The predicted molar refractivity (Wildman–Crippen MR) is 126 cm³/mol. The summed E-state index contributed by atoms with van der Waals surface area (Å²) in [5.41, 5.74) is 1.62. The van der Waals surface area contributed by atoms with Gasteiger partial charge in [0.25, 0.3) is 6.01 Å². The number of hydrogen-bond donors (Lipinski definition) is 2. The summed E-state index contributed by atoms with van der Waals surface area (Å²) in [6, 6.07) is 8.14. The Morgan fingerprint density at radius 1 is 1.15 bits per heavy atom. The first-order valence-electron chi connectivity index (χ1n) is 11.3. The fraction of sp³-hybridized carbons (Fsp3) is 0.435. The molecule has 0 radical (unpaired) electrons. The lowest BCUT2D eigenvalue weighted by atomic mass is 10.0. The standard InChI is InChI=1S/C23H29FN4O5S/c1-3-31-20-11-15(12-21(22(20)24)32-4-2)14-28(16-7-9-26-10-8-16)23-27-18-13-17(34(25,29)30)5-6-19(18)33-23/h5-6,11-13,16,26H,3-4,7-10,14H2,1-2H3,(H2,25,29,30). The maximum Gasteiger partial charge on any atom is 0.298 e. The van der Waals surface area contributed by atoms with Crippen molar-refractivity contribution in [1.29, 1.82) is 0 Å². The molecule has 1 aliphatic rings. The number of rotatable bonds is 9. The molecule has 11 heteroatoms. The van der Waals surface area contributed by atoms with Gasteiger partial charge < -0.3 is 24.1 Å². The molecule has 1 aromatic heterocycles. The Morgan fingerprint density at radius 3 is 2.38 bits per heavy atom. The van der Waals surface area contributed by atoms with E-state index in [-0.39, 0.29) is 22.4 Å². The van der Waals surface area contributed by atoms with Crippen molar-refractivity contribution >= 4 is 27.1 Å². The molecule has 2 heterocycles. The smallest absolute Gasteiger partial charge is 0.298 e. The van der Waals surface area contributed by atoms with E-state index in [1.54, 1.807) is 32.0 Å². The second-order valence-corrected chi connectivity index (χ2v) is 9.61. The van der Waals surface area contributed by atoms with Crippen LogP contribution in [-0.4, -0.2) is 45.7 Å². The zero-order chi connectivity index (χ0) is 24.3. The summed E-state index contributed by atoms with van der Waals surface area (Å²) in [6.07, 6.45) is 1.72. The SMILES string of the molecule is CCOc1cc(CN(c2nc3cc(S(N)(=O)=O)ccc3o2)C2CCNCC2)cc(OCC)c1F. The summed E-state index contributed by atoms with van der Waals surface area (Å²) >= 11 is 0. The normalized spacial score (nSPS) is 14.9. The van der Waals surface area contributed by atoms with Gasteiger partial charge >= 0.3 is 0 Å². The monoisotopic (exact) mass is 492 g/mol. The first-order valence-corrected chi connectivity index (χ1v) is 12.8. The van der Waals surface area contributed by atoms with Gasteiger partial charge in [0, 0.05) is 12.6 Å². The number of ether oxygens (including phenoxy) is 2. The van der Waals surface area contributed by atoms with Crippen LogP contribution in [0.3, 0.4) is 0 Å². The molecule has 0 aliphatic carbocycles. The van der Waals surface area contributed by atoms with E-state index in [2.05, 4.69) is 10.3 Å². The lowest BCUT2D eigenvalue weighted by Crippen LogP contribution is -2.43. The minimum Gasteiger partial charge on any atom is -0.491 e. The Labute approximate surface area is 198 Å². The molecule has 34 heavy (non-hydrogen) atoms. The van der Waals surface area contributed by atoms with E-state index in [0.29, 0.717) is 36.9 Å². The highest BCUT2D eigenvalue weighted by Crippen LogP contribution is 2.33. The van der Waals surface area contributed by atoms with Gasteiger partial charge in [0.15, 0.2) is 17.1 Å². The van der Waals surface area contributed by atoms with E-state index < -0.39 is 15.8 Å². The summed E-state index contributed by atoms with van der Waals surface area (Å²) < 4.78 is 55.3. The van der Waals surface area contributed by atoms with Crippen molar-refractivity contribution in [3.8, 4) is 11.5 Å². The number of aromatic nitrogens is 1. The summed E-state index contributed by atoms with van der Waals surface area (Å²) in [5.74, 6) is -0.272. The average Bonchev–Trinajstić information content (AvgIpc) is 3.24. The van der Waals surface area contributed by atoms with Crippen molar-refractivity contribution in [2.24, 2.45) is 5.14 Å². The van der Waals surface area contributed by atoms with Gasteiger partial charge in [-0.25, -0.2) is 13.6 Å². The molecule has 0 spiro atoms. The van der Waals surface area contributed by atoms with Gasteiger partial charge in [-0.1, -0.05) is 0 Å². The van der Waals surface area contributed by atoms with Gasteiger partial charge in [-0.15, -0.1) is 0 Å². The van der Waals surface area contributed by atoms with Gasteiger partial charge in [0.1, 0.15) is 5.52 Å². The van der Waals surface area contributed by atoms with Gasteiger partial charge in [-0.2, -0.15) is 9.37 Å². The third kappa shape index (κ3) is 5.26. The Morgan fingerprint density at radius 2 is 1.79 bits per heavy atom. The third-order valence-electron chi connectivity index (χ3n) is 5.69. The van der Waals surface area contributed by atoms with Crippen molar-refractivity contribution in [3.63, 3.8) is 0 Å². The molecule has 0 unspecified atom stereocenters. The molecule has 0 bridgehead atoms. The minimum absolute atomic E-state index is 0.0329. The van der Waals surface area contributed by atoms with Gasteiger partial charge in [0.2, 0.25) is 15.8 Å². The van der Waals surface area contributed by atoms with Crippen molar-refractivity contribution in [1.82, 2.24) is 10.3 Å². The molecule has 1 aliphatic heterocycles. The topological polar surface area (TPSA) is 120 Å². The minimum atomic E-state index is -3.87. The number of oxazole rings is 1. The molecule has 0 amide bonds. The van der Waals surface area contributed by atoms with Crippen molar-refractivity contribution < 1.29 is 26.7 Å². The van der Waals surface area contributed by atoms with Crippen LogP contribution in [0.15, 0.2) is 39.6 Å². The molecule has 3 N–H and O–H groups in total. The van der Waals surface area contributed by atoms with Crippen LogP contribution in [0.1, 0.15) is 32.3 Å². The van der Waals surface area contributed by atoms with Crippen LogP contribution in [0.4, 0.5) is 10.4 Å². The van der Waals surface area contributed by atoms with Crippen LogP contribution in [-0.2, 0) is 16.6 Å². The van der Waals surface area contributed by atoms with E-state index in [1.807, 2.05) is 4.90 Å². The van der Waals surface area contributed by atoms with E-state index in [4.69, 9.17) is 19.0 Å². The number of halogens is 1. The van der Waals surface area contributed by atoms with E-state index >= 15 is 0 Å². The Bertz CT molecular complexity index is 1230. The summed E-state index contributed by atoms with van der Waals surface area (Å²) in [5, 5.41) is 8.61. The fourth-order valence-corrected chi connectivity index (χ4v) is 4.64. The van der Waals surface area contributed by atoms with Gasteiger partial charge in [0.05, 0.1) is 18.1 Å². The van der Waals surface area contributed by atoms with Gasteiger partial charge in [-0.3, -0.25) is 0 Å². The highest BCUT2D eigenvalue weighted by molar-refractivity contribution is 7.89. The molecule has 184 valence electrons. The third-order valence-corrected chi connectivity index (χ3v) is 6.60. The molecule has 1 fully saturated rings. The average molecular weight is 493 g/mol. The number of hydrogen-bond acceptors (Lipinski definition) is 8. The van der Waals surface area contributed by atoms with E-state index in [0.717, 1.165) is 31.5 Å². The molecule has 0 atom stereocenters. The number of nitrogens with zero attached hydrogens (tertiary/aromatic N) is 2. The molecule has 0 saturated carbocycles. The van der Waals surface area contributed by atoms with Crippen LogP contribution in [0.2, 0.25) is 0 Å². The maximum absolute atomic E-state index is 14.8. The molecule has 1 saturated heterocycles. The number of anilines is 1. The summed E-state index contributed by atoms with van der Waals surface area (Å²) in [4.78, 5) is 6.57. The van der Waals surface area contributed by atoms with Crippen LogP contribution >= 0.6 is 0 Å². The van der Waals surface area contributed by atoms with Crippen LogP contribution < -0.4 is 24.8 Å². The molecule has 2 aromatic carbocycles. The van der Waals surface area contributed by atoms with Gasteiger partial charge in [-0.05, 0) is 75.7 Å². The van der Waals surface area contributed by atoms with E-state index in [1.165, 1.54) is 12.1 Å². The molecule has 9 nitrogen and oxygen atoms in total. The number of fused-ring (bicyclic) bond motifs is 1. The van der Waals surface area contributed by atoms with Crippen molar-refractivity contribution in [2.45, 2.75) is 44.2 Å². The number of nitrogens with one attached hydrogen (secondary N) is 1. The van der Waals surface area contributed by atoms with Crippen LogP contribution in [0, 0.1) is 5.82 Å². The highest BCUT2D eigenvalue weighted by atomic mass is 32.2. The second kappa shape index (κ2) is 10.2. The zero-order valence-corrected chi connectivity index (χ0v) is 20.0. The number of primary sulfonamides is 1. The maximum atomic E-state index is 14.8. The quantitative estimate of drug-likeness (QED) is 0.467. The number of piperidine rings is 1. The second-order valence-electron chi connectivity index (χ2n) is 8.05. The highest BCUT2D eigenvalue weighted by Gasteiger charge is 2.27. The lowest BCUT2D eigenvalue weighted by Gasteiger charge is -2.33. The zero-order valence-electron chi connectivity index (χ0n) is 19.2. The fourth-order valence-electron chi connectivity index (χ4n) is 4.10. The molecular weight excluding hydrogens is 463 g/mol. The summed E-state index contributed by atoms with van der Waals surface area (Å²) in [6.45, 7) is 6.29. The predicted octanol–water partition coefficient (Wildman–Crippen LogP) is 3.17. The largest absolute Gasteiger partial charge is 0.491 e. The number of sulfonamides is 1. The van der Waals surface area contributed by atoms with Crippen molar-refractivity contribution in [3.05, 3.63) is 41.7 Å². The molecule has 4 rings (SSSR count). The number of benzene rings is 2. The first kappa shape index (κ1) is 24.2. The lowest BCUT2D eigenvalue weighted by molar-refractivity contribution is 0.291. The summed E-state index contributed by atoms with van der Waals surface area (Å²) in [7, 11) is -3.87. The molecular formula is C23H29FN4O5S. The van der Waals surface area contributed by atoms with E-state index in [9.17, 15) is 12.8 Å². The first-order chi connectivity index (χ1) is 16.3. The van der Waals surface area contributed by atoms with Crippen LogP contribution in [0.25, 0.3) is 11.1 Å². The number of nitrogens with two attached hydrogens (primary N) is 1.